The van der Waals surface area contributed by atoms with Crippen LogP contribution in [0.25, 0.3) is 0 Å². The van der Waals surface area contributed by atoms with Gasteiger partial charge in [-0.2, -0.15) is 0 Å². The predicted molar refractivity (Wildman–Crippen MR) is 84.0 cm³/mol. The molecule has 0 saturated carbocycles. The van der Waals surface area contributed by atoms with Crippen molar-refractivity contribution in [1.82, 2.24) is 20.8 Å². The summed E-state index contributed by atoms with van der Waals surface area (Å²) in [6.07, 6.45) is 5.92. The lowest BCUT2D eigenvalue weighted by molar-refractivity contribution is 0.0586. The lowest BCUT2D eigenvalue weighted by Gasteiger charge is -2.17. The molecule has 1 atom stereocenters. The van der Waals surface area contributed by atoms with E-state index >= 15 is 0 Å². The van der Waals surface area contributed by atoms with E-state index in [0.29, 0.717) is 6.61 Å². The third-order valence-corrected chi connectivity index (χ3v) is 3.31. The Balaban J connectivity index is 1.64. The summed E-state index contributed by atoms with van der Waals surface area (Å²) >= 11 is 0. The molecule has 2 rings (SSSR count). The highest BCUT2D eigenvalue weighted by Gasteiger charge is 2.11. The van der Waals surface area contributed by atoms with Gasteiger partial charge < -0.3 is 10.3 Å². The first-order valence-corrected chi connectivity index (χ1v) is 7.50. The Morgan fingerprint density at radius 1 is 1.36 bits per heavy atom. The van der Waals surface area contributed by atoms with Gasteiger partial charge in [-0.05, 0) is 24.8 Å². The van der Waals surface area contributed by atoms with E-state index in [1.54, 1.807) is 6.33 Å². The predicted octanol–water partition coefficient (Wildman–Crippen LogP) is 2.72. The van der Waals surface area contributed by atoms with E-state index in [1.165, 1.54) is 0 Å². The molecule has 0 bridgehead atoms. The van der Waals surface area contributed by atoms with Gasteiger partial charge in [0, 0.05) is 6.20 Å². The monoisotopic (exact) mass is 302 g/mol. The highest BCUT2D eigenvalue weighted by molar-refractivity contribution is 5.73. The fraction of sp³-hybridized carbons (Fsp3) is 0.375. The van der Waals surface area contributed by atoms with Crippen molar-refractivity contribution in [2.75, 3.05) is 6.61 Å². The van der Waals surface area contributed by atoms with Crippen molar-refractivity contribution in [2.24, 2.45) is 0 Å². The smallest absolute Gasteiger partial charge is 0.339 e. The van der Waals surface area contributed by atoms with Crippen LogP contribution in [-0.4, -0.2) is 22.6 Å². The minimum Gasteiger partial charge on any atom is -0.351 e. The average Bonchev–Trinajstić information content (AvgIpc) is 3.06. The highest BCUT2D eigenvalue weighted by Crippen LogP contribution is 2.15. The second-order valence-corrected chi connectivity index (χ2v) is 4.96. The number of aromatic amines is 1. The molecule has 3 N–H and O–H groups in total. The van der Waals surface area contributed by atoms with Crippen LogP contribution in [0.5, 0.6) is 0 Å². The van der Waals surface area contributed by atoms with Crippen LogP contribution in [0.2, 0.25) is 0 Å². The number of amides is 2. The van der Waals surface area contributed by atoms with Crippen LogP contribution in [0.1, 0.15) is 37.1 Å². The summed E-state index contributed by atoms with van der Waals surface area (Å²) in [5.41, 5.74) is 4.49. The van der Waals surface area contributed by atoms with Crippen LogP contribution in [0.15, 0.2) is 42.9 Å². The van der Waals surface area contributed by atoms with Gasteiger partial charge in [0.1, 0.15) is 0 Å². The quantitative estimate of drug-likeness (QED) is 0.518. The fourth-order valence-corrected chi connectivity index (χ4v) is 2.16. The van der Waals surface area contributed by atoms with Crippen molar-refractivity contribution < 1.29 is 9.63 Å². The van der Waals surface area contributed by atoms with Crippen molar-refractivity contribution in [3.63, 3.8) is 0 Å². The zero-order valence-corrected chi connectivity index (χ0v) is 12.7. The Hall–Kier alpha value is -2.34. The zero-order chi connectivity index (χ0) is 15.6. The van der Waals surface area contributed by atoms with E-state index in [2.05, 4.69) is 20.8 Å². The van der Waals surface area contributed by atoms with Gasteiger partial charge in [-0.15, -0.1) is 0 Å². The molecule has 2 amide bonds. The summed E-state index contributed by atoms with van der Waals surface area (Å²) in [6, 6.07) is 9.54. The van der Waals surface area contributed by atoms with Gasteiger partial charge in [-0.1, -0.05) is 37.3 Å². The highest BCUT2D eigenvalue weighted by atomic mass is 16.7. The minimum absolute atomic E-state index is 0.0196. The Morgan fingerprint density at radius 3 is 2.86 bits per heavy atom. The maximum atomic E-state index is 11.8. The number of H-pyrrole nitrogens is 1. The summed E-state index contributed by atoms with van der Waals surface area (Å²) in [5, 5.41) is 2.90. The van der Waals surface area contributed by atoms with Gasteiger partial charge >= 0.3 is 6.03 Å². The van der Waals surface area contributed by atoms with Crippen LogP contribution in [0.4, 0.5) is 4.79 Å². The van der Waals surface area contributed by atoms with Crippen LogP contribution in [0, 0.1) is 0 Å². The van der Waals surface area contributed by atoms with Crippen LogP contribution in [-0.2, 0) is 11.3 Å². The largest absolute Gasteiger partial charge is 0.351 e. The van der Waals surface area contributed by atoms with Gasteiger partial charge in [0.05, 0.1) is 24.7 Å². The maximum absolute atomic E-state index is 11.8. The second-order valence-electron chi connectivity index (χ2n) is 4.96. The van der Waals surface area contributed by atoms with Crippen molar-refractivity contribution in [3.05, 3.63) is 54.1 Å². The molecule has 1 aromatic carbocycles. The number of nitrogens with zero attached hydrogens (tertiary/aromatic N) is 1. The molecule has 0 aliphatic carbocycles. The van der Waals surface area contributed by atoms with Gasteiger partial charge in [0.2, 0.25) is 0 Å². The fourth-order valence-electron chi connectivity index (χ4n) is 2.16. The summed E-state index contributed by atoms with van der Waals surface area (Å²) in [4.78, 5) is 24.0. The van der Waals surface area contributed by atoms with E-state index in [4.69, 9.17) is 4.84 Å². The van der Waals surface area contributed by atoms with Gasteiger partial charge in [0.15, 0.2) is 0 Å². The van der Waals surface area contributed by atoms with Gasteiger partial charge in [-0.25, -0.2) is 15.3 Å². The van der Waals surface area contributed by atoms with Crippen molar-refractivity contribution in [3.8, 4) is 0 Å². The summed E-state index contributed by atoms with van der Waals surface area (Å²) in [6.45, 7) is 2.48. The molecule has 0 fully saturated rings. The van der Waals surface area contributed by atoms with E-state index in [1.807, 2.05) is 43.5 Å². The average molecular weight is 302 g/mol. The standard InChI is InChI=1S/C16H22N4O2/c1-2-15(13-7-4-3-5-8-13)19-16(21)20-22-10-6-9-14-11-17-12-18-14/h3-5,7-8,11-12,15H,2,6,9-10H2,1H3,(H,17,18)(H2,19,20,21). The molecule has 1 unspecified atom stereocenters. The number of imidazole rings is 1. The SMILES string of the molecule is CCC(NC(=O)NOCCCc1c[nH]cn1)c1ccccc1. The van der Waals surface area contributed by atoms with E-state index in [-0.39, 0.29) is 12.1 Å². The number of urea groups is 1. The van der Waals surface area contributed by atoms with Gasteiger partial charge in [0.25, 0.3) is 0 Å². The first kappa shape index (κ1) is 16.0. The summed E-state index contributed by atoms with van der Waals surface area (Å²) in [5.74, 6) is 0. The molecule has 6 nitrogen and oxygen atoms in total. The Bertz CT molecular complexity index is 543. The molecular weight excluding hydrogens is 280 g/mol. The number of hydroxylamine groups is 1. The molecule has 0 radical (unpaired) electrons. The molecule has 0 saturated heterocycles. The first-order valence-electron chi connectivity index (χ1n) is 7.50. The molecule has 2 aromatic rings. The molecule has 0 aliphatic rings. The van der Waals surface area contributed by atoms with Crippen molar-refractivity contribution in [1.29, 1.82) is 0 Å². The third kappa shape index (κ3) is 5.21. The van der Waals surface area contributed by atoms with E-state index in [9.17, 15) is 4.79 Å². The topological polar surface area (TPSA) is 79.0 Å². The Kier molecular flexibility index (Phi) is 6.44. The number of rotatable bonds is 8. The molecule has 1 aromatic heterocycles. The summed E-state index contributed by atoms with van der Waals surface area (Å²) in [7, 11) is 0. The second kappa shape index (κ2) is 8.84. The molecule has 118 valence electrons. The summed E-state index contributed by atoms with van der Waals surface area (Å²) < 4.78 is 0. The molecule has 1 heterocycles. The Morgan fingerprint density at radius 2 is 2.18 bits per heavy atom. The van der Waals surface area contributed by atoms with Gasteiger partial charge in [-0.3, -0.25) is 4.84 Å². The lowest BCUT2D eigenvalue weighted by Crippen LogP contribution is -2.38. The third-order valence-electron chi connectivity index (χ3n) is 3.31. The van der Waals surface area contributed by atoms with E-state index in [0.717, 1.165) is 30.5 Å². The molecule has 6 heteroatoms. The van der Waals surface area contributed by atoms with Crippen LogP contribution < -0.4 is 10.8 Å². The number of aryl methyl sites for hydroxylation is 1. The number of benzene rings is 1. The van der Waals surface area contributed by atoms with E-state index < -0.39 is 0 Å². The van der Waals surface area contributed by atoms with Crippen molar-refractivity contribution in [2.45, 2.75) is 32.2 Å². The molecule has 22 heavy (non-hydrogen) atoms. The number of hydrogen-bond acceptors (Lipinski definition) is 3. The first-order chi connectivity index (χ1) is 10.8. The normalized spacial score (nSPS) is 11.9. The van der Waals surface area contributed by atoms with Crippen molar-refractivity contribution >= 4 is 6.03 Å². The van der Waals surface area contributed by atoms with Crippen LogP contribution >= 0.6 is 0 Å². The maximum Gasteiger partial charge on any atom is 0.339 e. The Labute approximate surface area is 130 Å². The molecule has 0 spiro atoms. The number of aromatic nitrogens is 2. The number of hydrogen-bond donors (Lipinski definition) is 3. The number of carbonyl (C=O) groups excluding carboxylic acids is 1. The number of nitrogens with one attached hydrogen (secondary N) is 3. The minimum atomic E-state index is -0.324. The molecule has 0 aliphatic heterocycles. The van der Waals surface area contributed by atoms with Crippen LogP contribution in [0.3, 0.4) is 0 Å². The zero-order valence-electron chi connectivity index (χ0n) is 12.7. The number of carbonyl (C=O) groups is 1. The molecular formula is C16H22N4O2. The lowest BCUT2D eigenvalue weighted by atomic mass is 10.1.